The average Bonchev–Trinajstić information content (AvgIpc) is 2.73. The number of likely N-dealkylation sites (tertiary alicyclic amines) is 1. The van der Waals surface area contributed by atoms with Crippen LogP contribution in [0.2, 0.25) is 0 Å². The number of phenols is 2. The van der Waals surface area contributed by atoms with Gasteiger partial charge in [-0.3, -0.25) is 14.5 Å². The number of aromatic hydroxyl groups is 2. The van der Waals surface area contributed by atoms with Gasteiger partial charge in [0.1, 0.15) is 17.3 Å². The number of benzene rings is 1. The molecular weight excluding hydrogens is 396 g/mol. The molecular formula is C23H28N4O4. The molecule has 2 aromatic rings. The minimum atomic E-state index is -0.588. The standard InChI is InChI=1S/C23H28N4O4/c1-13(2)15-10-16(20(29)11-19(15)28)22(30)27-9-6-18-17(23(27)31)12-24-21(25-18)14-4-7-26(3)8-5-14/h10-14,28-29H,4-9H2,1-3H3. The number of nitrogens with zero attached hydrogens (tertiary/aromatic N) is 4. The molecule has 0 radical (unpaired) electrons. The van der Waals surface area contributed by atoms with Crippen LogP contribution in [0, 0.1) is 0 Å². The van der Waals surface area contributed by atoms with Crippen LogP contribution in [0.5, 0.6) is 11.5 Å². The van der Waals surface area contributed by atoms with Crippen molar-refractivity contribution in [3.63, 3.8) is 0 Å². The molecule has 1 aromatic heterocycles. The molecule has 0 saturated carbocycles. The number of piperidine rings is 1. The predicted molar refractivity (Wildman–Crippen MR) is 114 cm³/mol. The molecule has 0 spiro atoms. The Balaban J connectivity index is 1.58. The molecule has 1 fully saturated rings. The van der Waals surface area contributed by atoms with Crippen LogP contribution in [0.25, 0.3) is 0 Å². The van der Waals surface area contributed by atoms with Gasteiger partial charge in [-0.15, -0.1) is 0 Å². The molecule has 2 aliphatic rings. The molecule has 8 nitrogen and oxygen atoms in total. The Morgan fingerprint density at radius 1 is 1.13 bits per heavy atom. The molecule has 0 unspecified atom stereocenters. The number of aromatic nitrogens is 2. The number of carbonyl (C=O) groups is 2. The highest BCUT2D eigenvalue weighted by Crippen LogP contribution is 2.34. The monoisotopic (exact) mass is 424 g/mol. The Hall–Kier alpha value is -3.00. The van der Waals surface area contributed by atoms with Gasteiger partial charge in [0.2, 0.25) is 0 Å². The summed E-state index contributed by atoms with van der Waals surface area (Å²) in [7, 11) is 2.10. The van der Waals surface area contributed by atoms with E-state index in [1.807, 2.05) is 13.8 Å². The molecule has 0 aliphatic carbocycles. The van der Waals surface area contributed by atoms with Crippen molar-refractivity contribution in [1.29, 1.82) is 0 Å². The minimum absolute atomic E-state index is 0.00200. The molecule has 2 amide bonds. The maximum Gasteiger partial charge on any atom is 0.264 e. The van der Waals surface area contributed by atoms with Gasteiger partial charge in [-0.2, -0.15) is 0 Å². The quantitative estimate of drug-likeness (QED) is 0.730. The lowest BCUT2D eigenvalue weighted by Gasteiger charge is -2.30. The normalized spacial score (nSPS) is 17.8. The molecule has 164 valence electrons. The number of carbonyl (C=O) groups excluding carboxylic acids is 2. The van der Waals surface area contributed by atoms with Crippen LogP contribution >= 0.6 is 0 Å². The molecule has 1 aromatic carbocycles. The second-order valence-corrected chi connectivity index (χ2v) is 8.76. The fourth-order valence-electron chi connectivity index (χ4n) is 4.30. The van der Waals surface area contributed by atoms with Crippen molar-refractivity contribution < 1.29 is 19.8 Å². The van der Waals surface area contributed by atoms with Crippen molar-refractivity contribution in [2.45, 2.75) is 44.9 Å². The Morgan fingerprint density at radius 2 is 1.84 bits per heavy atom. The number of hydrogen-bond acceptors (Lipinski definition) is 7. The highest BCUT2D eigenvalue weighted by Gasteiger charge is 2.33. The van der Waals surface area contributed by atoms with Gasteiger partial charge in [-0.05, 0) is 50.5 Å². The van der Waals surface area contributed by atoms with Gasteiger partial charge in [0, 0.05) is 31.1 Å². The van der Waals surface area contributed by atoms with Crippen LogP contribution < -0.4 is 0 Å². The topological polar surface area (TPSA) is 107 Å². The van der Waals surface area contributed by atoms with Crippen LogP contribution in [0.1, 0.15) is 76.3 Å². The highest BCUT2D eigenvalue weighted by atomic mass is 16.3. The van der Waals surface area contributed by atoms with Gasteiger partial charge in [-0.1, -0.05) is 13.8 Å². The molecule has 1 saturated heterocycles. The Morgan fingerprint density at radius 3 is 2.52 bits per heavy atom. The van der Waals surface area contributed by atoms with E-state index in [-0.39, 0.29) is 29.5 Å². The summed E-state index contributed by atoms with van der Waals surface area (Å²) >= 11 is 0. The molecule has 31 heavy (non-hydrogen) atoms. The molecule has 3 heterocycles. The third kappa shape index (κ3) is 3.99. The third-order valence-electron chi connectivity index (χ3n) is 6.26. The van der Waals surface area contributed by atoms with Crippen molar-refractivity contribution in [2.24, 2.45) is 0 Å². The average molecular weight is 425 g/mol. The van der Waals surface area contributed by atoms with E-state index in [9.17, 15) is 19.8 Å². The first-order valence-corrected chi connectivity index (χ1v) is 10.7. The molecule has 2 N–H and O–H groups in total. The van der Waals surface area contributed by atoms with E-state index in [2.05, 4.69) is 21.9 Å². The van der Waals surface area contributed by atoms with E-state index < -0.39 is 11.8 Å². The predicted octanol–water partition coefficient (Wildman–Crippen LogP) is 2.66. The van der Waals surface area contributed by atoms with Gasteiger partial charge in [-0.25, -0.2) is 9.97 Å². The molecule has 8 heteroatoms. The molecule has 2 aliphatic heterocycles. The summed E-state index contributed by atoms with van der Waals surface area (Å²) in [4.78, 5) is 38.7. The highest BCUT2D eigenvalue weighted by molar-refractivity contribution is 6.12. The van der Waals surface area contributed by atoms with Gasteiger partial charge in [0.05, 0.1) is 16.8 Å². The first kappa shape index (κ1) is 21.2. The van der Waals surface area contributed by atoms with E-state index in [4.69, 9.17) is 0 Å². The number of imide groups is 1. The second kappa shape index (κ2) is 8.26. The maximum absolute atomic E-state index is 13.1. The van der Waals surface area contributed by atoms with Crippen LogP contribution in [-0.4, -0.2) is 68.5 Å². The van der Waals surface area contributed by atoms with Crippen LogP contribution in [0.4, 0.5) is 0 Å². The SMILES string of the molecule is CC(C)c1cc(C(=O)N2CCc3nc(C4CCN(C)CC4)ncc3C2=O)c(O)cc1O. The third-order valence-corrected chi connectivity index (χ3v) is 6.26. The van der Waals surface area contributed by atoms with Crippen molar-refractivity contribution >= 4 is 11.8 Å². The summed E-state index contributed by atoms with van der Waals surface area (Å²) in [6, 6.07) is 2.61. The van der Waals surface area contributed by atoms with Gasteiger partial charge in [0.15, 0.2) is 0 Å². The Kier molecular flexibility index (Phi) is 5.66. The number of fused-ring (bicyclic) bond motifs is 1. The summed E-state index contributed by atoms with van der Waals surface area (Å²) in [6.45, 7) is 5.94. The zero-order chi connectivity index (χ0) is 22.3. The summed E-state index contributed by atoms with van der Waals surface area (Å²) in [5.41, 5.74) is 1.55. The lowest BCUT2D eigenvalue weighted by atomic mass is 9.95. The fourth-order valence-corrected chi connectivity index (χ4v) is 4.30. The number of amides is 2. The lowest BCUT2D eigenvalue weighted by molar-refractivity contribution is 0.0601. The van der Waals surface area contributed by atoms with E-state index in [1.54, 1.807) is 0 Å². The molecule has 0 bridgehead atoms. The van der Waals surface area contributed by atoms with E-state index in [0.29, 0.717) is 29.2 Å². The summed E-state index contributed by atoms with van der Waals surface area (Å²) in [5.74, 6) is -0.448. The van der Waals surface area contributed by atoms with Crippen LogP contribution in [-0.2, 0) is 6.42 Å². The van der Waals surface area contributed by atoms with Gasteiger partial charge < -0.3 is 15.1 Å². The minimum Gasteiger partial charge on any atom is -0.508 e. The zero-order valence-electron chi connectivity index (χ0n) is 18.1. The first-order chi connectivity index (χ1) is 14.8. The maximum atomic E-state index is 13.1. The number of rotatable bonds is 3. The number of phenolic OH excluding ortho intramolecular Hbond substituents is 2. The van der Waals surface area contributed by atoms with Crippen molar-refractivity contribution in [3.05, 3.63) is 46.5 Å². The van der Waals surface area contributed by atoms with E-state index >= 15 is 0 Å². The first-order valence-electron chi connectivity index (χ1n) is 10.7. The smallest absolute Gasteiger partial charge is 0.264 e. The Labute approximate surface area is 181 Å². The van der Waals surface area contributed by atoms with Gasteiger partial charge in [0.25, 0.3) is 11.8 Å². The largest absolute Gasteiger partial charge is 0.508 e. The summed E-state index contributed by atoms with van der Waals surface area (Å²) in [5, 5.41) is 20.3. The van der Waals surface area contributed by atoms with Crippen molar-refractivity contribution in [3.8, 4) is 11.5 Å². The summed E-state index contributed by atoms with van der Waals surface area (Å²) < 4.78 is 0. The van der Waals surface area contributed by atoms with Crippen molar-refractivity contribution in [2.75, 3.05) is 26.7 Å². The lowest BCUT2D eigenvalue weighted by Crippen LogP contribution is -2.42. The Bertz CT molecular complexity index is 1030. The van der Waals surface area contributed by atoms with E-state index in [0.717, 1.165) is 42.7 Å². The fraction of sp³-hybridized carbons (Fsp3) is 0.478. The number of hydrogen-bond donors (Lipinski definition) is 2. The summed E-state index contributed by atoms with van der Waals surface area (Å²) in [6.07, 6.45) is 3.97. The van der Waals surface area contributed by atoms with E-state index in [1.165, 1.54) is 12.3 Å². The molecule has 0 atom stereocenters. The molecule has 4 rings (SSSR count). The second-order valence-electron chi connectivity index (χ2n) is 8.76. The van der Waals surface area contributed by atoms with Gasteiger partial charge >= 0.3 is 0 Å². The van der Waals surface area contributed by atoms with Crippen molar-refractivity contribution in [1.82, 2.24) is 19.8 Å². The van der Waals surface area contributed by atoms with Crippen LogP contribution in [0.3, 0.4) is 0 Å². The van der Waals surface area contributed by atoms with Crippen LogP contribution in [0.15, 0.2) is 18.3 Å². The zero-order valence-corrected chi connectivity index (χ0v) is 18.1.